The predicted molar refractivity (Wildman–Crippen MR) is 79.6 cm³/mol. The fourth-order valence-corrected chi connectivity index (χ4v) is 2.52. The number of methoxy groups -OCH3 is 2. The Balaban J connectivity index is 1.92. The second-order valence-electron chi connectivity index (χ2n) is 5.23. The highest BCUT2D eigenvalue weighted by Gasteiger charge is 2.16. The van der Waals surface area contributed by atoms with Crippen LogP contribution < -0.4 is 14.8 Å². The maximum absolute atomic E-state index is 5.74. The van der Waals surface area contributed by atoms with Gasteiger partial charge in [-0.15, -0.1) is 0 Å². The van der Waals surface area contributed by atoms with E-state index >= 15 is 0 Å². The molecule has 0 aliphatic carbocycles. The highest BCUT2D eigenvalue weighted by atomic mass is 16.5. The molecule has 20 heavy (non-hydrogen) atoms. The van der Waals surface area contributed by atoms with Crippen LogP contribution in [0.1, 0.15) is 37.8 Å². The standard InChI is InChI=1S/C16H25NO3/c1-12(17-11-14-6-4-5-9-20-14)13-7-8-15(18-2)16(10-13)19-3/h7-8,10,12,14,17H,4-6,9,11H2,1-3H3. The predicted octanol–water partition coefficient (Wildman–Crippen LogP) is 2.92. The van der Waals surface area contributed by atoms with Gasteiger partial charge in [0.25, 0.3) is 0 Å². The van der Waals surface area contributed by atoms with E-state index in [2.05, 4.69) is 18.3 Å². The van der Waals surface area contributed by atoms with Gasteiger partial charge in [-0.25, -0.2) is 0 Å². The molecule has 1 N–H and O–H groups in total. The second kappa shape index (κ2) is 7.50. The smallest absolute Gasteiger partial charge is 0.161 e. The molecule has 0 bridgehead atoms. The molecule has 0 spiro atoms. The van der Waals surface area contributed by atoms with Crippen molar-refractivity contribution in [3.63, 3.8) is 0 Å². The van der Waals surface area contributed by atoms with E-state index in [9.17, 15) is 0 Å². The third-order valence-corrected chi connectivity index (χ3v) is 3.83. The van der Waals surface area contributed by atoms with Crippen molar-refractivity contribution >= 4 is 0 Å². The van der Waals surface area contributed by atoms with Crippen LogP contribution in [-0.2, 0) is 4.74 Å². The van der Waals surface area contributed by atoms with Crippen molar-refractivity contribution in [2.75, 3.05) is 27.4 Å². The van der Waals surface area contributed by atoms with Gasteiger partial charge in [-0.2, -0.15) is 0 Å². The summed E-state index contributed by atoms with van der Waals surface area (Å²) >= 11 is 0. The molecule has 2 unspecified atom stereocenters. The van der Waals surface area contributed by atoms with Gasteiger partial charge in [0, 0.05) is 19.2 Å². The number of ether oxygens (including phenoxy) is 3. The summed E-state index contributed by atoms with van der Waals surface area (Å²) in [5.41, 5.74) is 1.19. The SMILES string of the molecule is COc1ccc(C(C)NCC2CCCCO2)cc1OC. The summed E-state index contributed by atoms with van der Waals surface area (Å²) in [4.78, 5) is 0. The highest BCUT2D eigenvalue weighted by Crippen LogP contribution is 2.29. The molecular formula is C16H25NO3. The molecule has 1 aliphatic heterocycles. The van der Waals surface area contributed by atoms with Crippen molar-refractivity contribution in [2.45, 2.75) is 38.3 Å². The number of hydrogen-bond acceptors (Lipinski definition) is 4. The Morgan fingerprint density at radius 1 is 1.25 bits per heavy atom. The third kappa shape index (κ3) is 3.87. The molecule has 0 aromatic heterocycles. The van der Waals surface area contributed by atoms with Crippen molar-refractivity contribution in [2.24, 2.45) is 0 Å². The Labute approximate surface area is 121 Å². The number of nitrogens with one attached hydrogen (secondary N) is 1. The Hall–Kier alpha value is -1.26. The average molecular weight is 279 g/mol. The minimum absolute atomic E-state index is 0.264. The summed E-state index contributed by atoms with van der Waals surface area (Å²) in [7, 11) is 3.31. The van der Waals surface area contributed by atoms with E-state index in [0.29, 0.717) is 6.10 Å². The van der Waals surface area contributed by atoms with E-state index in [4.69, 9.17) is 14.2 Å². The van der Waals surface area contributed by atoms with Gasteiger partial charge >= 0.3 is 0 Å². The Morgan fingerprint density at radius 2 is 2.05 bits per heavy atom. The lowest BCUT2D eigenvalue weighted by Gasteiger charge is -2.25. The topological polar surface area (TPSA) is 39.7 Å². The van der Waals surface area contributed by atoms with Crippen LogP contribution in [0.3, 0.4) is 0 Å². The summed E-state index contributed by atoms with van der Waals surface area (Å²) in [5.74, 6) is 1.53. The first-order chi connectivity index (χ1) is 9.74. The third-order valence-electron chi connectivity index (χ3n) is 3.83. The van der Waals surface area contributed by atoms with Crippen LogP contribution in [0, 0.1) is 0 Å². The van der Waals surface area contributed by atoms with E-state index in [0.717, 1.165) is 31.1 Å². The Morgan fingerprint density at radius 3 is 2.70 bits per heavy atom. The van der Waals surface area contributed by atoms with Crippen LogP contribution >= 0.6 is 0 Å². The van der Waals surface area contributed by atoms with Gasteiger partial charge in [0.1, 0.15) is 0 Å². The zero-order valence-electron chi connectivity index (χ0n) is 12.6. The number of hydrogen-bond donors (Lipinski definition) is 1. The number of benzene rings is 1. The van der Waals surface area contributed by atoms with Crippen molar-refractivity contribution in [1.29, 1.82) is 0 Å². The minimum Gasteiger partial charge on any atom is -0.493 e. The zero-order valence-corrected chi connectivity index (χ0v) is 12.6. The second-order valence-corrected chi connectivity index (χ2v) is 5.23. The van der Waals surface area contributed by atoms with E-state index < -0.39 is 0 Å². The first kappa shape index (κ1) is 15.1. The fraction of sp³-hybridized carbons (Fsp3) is 0.625. The summed E-state index contributed by atoms with van der Waals surface area (Å²) in [6.45, 7) is 3.96. The first-order valence-electron chi connectivity index (χ1n) is 7.31. The van der Waals surface area contributed by atoms with Crippen LogP contribution in [-0.4, -0.2) is 33.5 Å². The van der Waals surface area contributed by atoms with Gasteiger partial charge in [-0.3, -0.25) is 0 Å². The molecular weight excluding hydrogens is 254 g/mol. The van der Waals surface area contributed by atoms with Gasteiger partial charge in [-0.05, 0) is 43.9 Å². The molecule has 0 saturated carbocycles. The molecule has 1 heterocycles. The maximum atomic E-state index is 5.74. The lowest BCUT2D eigenvalue weighted by molar-refractivity contribution is 0.0156. The molecule has 112 valence electrons. The van der Waals surface area contributed by atoms with E-state index in [1.54, 1.807) is 14.2 Å². The van der Waals surface area contributed by atoms with Crippen molar-refractivity contribution in [1.82, 2.24) is 5.32 Å². The van der Waals surface area contributed by atoms with Gasteiger partial charge < -0.3 is 19.5 Å². The summed E-state index contributed by atoms with van der Waals surface area (Å²) in [5, 5.41) is 3.54. The quantitative estimate of drug-likeness (QED) is 0.869. The minimum atomic E-state index is 0.264. The summed E-state index contributed by atoms with van der Waals surface area (Å²) in [6, 6.07) is 6.31. The van der Waals surface area contributed by atoms with Crippen LogP contribution in [0.4, 0.5) is 0 Å². The van der Waals surface area contributed by atoms with Crippen LogP contribution in [0.15, 0.2) is 18.2 Å². The Bertz CT molecular complexity index is 416. The molecule has 0 radical (unpaired) electrons. The molecule has 4 heteroatoms. The normalized spacial score (nSPS) is 20.4. The lowest BCUT2D eigenvalue weighted by atomic mass is 10.1. The van der Waals surface area contributed by atoms with Gasteiger partial charge in [0.2, 0.25) is 0 Å². The summed E-state index contributed by atoms with van der Waals surface area (Å²) < 4.78 is 16.3. The van der Waals surface area contributed by atoms with Gasteiger partial charge in [-0.1, -0.05) is 6.07 Å². The molecule has 1 aromatic carbocycles. The number of rotatable bonds is 6. The molecule has 4 nitrogen and oxygen atoms in total. The lowest BCUT2D eigenvalue weighted by Crippen LogP contribution is -2.33. The highest BCUT2D eigenvalue weighted by molar-refractivity contribution is 5.43. The van der Waals surface area contributed by atoms with Gasteiger partial charge in [0.05, 0.1) is 20.3 Å². The molecule has 2 rings (SSSR count). The van der Waals surface area contributed by atoms with Gasteiger partial charge in [0.15, 0.2) is 11.5 Å². The van der Waals surface area contributed by atoms with Crippen LogP contribution in [0.2, 0.25) is 0 Å². The van der Waals surface area contributed by atoms with Crippen molar-refractivity contribution < 1.29 is 14.2 Å². The monoisotopic (exact) mass is 279 g/mol. The molecule has 0 amide bonds. The average Bonchev–Trinajstić information content (AvgIpc) is 2.52. The molecule has 1 aromatic rings. The van der Waals surface area contributed by atoms with Crippen molar-refractivity contribution in [3.8, 4) is 11.5 Å². The van der Waals surface area contributed by atoms with Crippen molar-refractivity contribution in [3.05, 3.63) is 23.8 Å². The largest absolute Gasteiger partial charge is 0.493 e. The van der Waals surface area contributed by atoms with E-state index in [-0.39, 0.29) is 6.04 Å². The maximum Gasteiger partial charge on any atom is 0.161 e. The molecule has 1 saturated heterocycles. The molecule has 1 aliphatic rings. The Kier molecular flexibility index (Phi) is 5.68. The molecule has 2 atom stereocenters. The summed E-state index contributed by atoms with van der Waals surface area (Å²) in [6.07, 6.45) is 3.98. The zero-order chi connectivity index (χ0) is 14.4. The van der Waals surface area contributed by atoms with Crippen LogP contribution in [0.25, 0.3) is 0 Å². The van der Waals surface area contributed by atoms with E-state index in [1.165, 1.54) is 18.4 Å². The molecule has 1 fully saturated rings. The fourth-order valence-electron chi connectivity index (χ4n) is 2.52. The first-order valence-corrected chi connectivity index (χ1v) is 7.31. The van der Waals surface area contributed by atoms with Crippen LogP contribution in [0.5, 0.6) is 11.5 Å². The van der Waals surface area contributed by atoms with E-state index in [1.807, 2.05) is 12.1 Å².